The zero-order valence-corrected chi connectivity index (χ0v) is 14.7. The zero-order valence-electron chi connectivity index (χ0n) is 14.7. The smallest absolute Gasteiger partial charge is 0.255 e. The standard InChI is InChI=1S/C19H18N6O2/c1-27-12-11-24-10-9-16-17(3-2-4-18(16)24)21-19(26)14-5-7-15(8-6-14)25-13-20-22-23-25/h2-10,13H,11-12H2,1H3,(H,21,26). The number of nitrogens with one attached hydrogen (secondary N) is 1. The Morgan fingerprint density at radius 2 is 2.00 bits per heavy atom. The maximum atomic E-state index is 12.6. The van der Waals surface area contributed by atoms with Crippen LogP contribution in [0, 0.1) is 0 Å². The highest BCUT2D eigenvalue weighted by atomic mass is 16.5. The molecule has 4 aromatic rings. The summed E-state index contributed by atoms with van der Waals surface area (Å²) in [5.41, 5.74) is 3.17. The van der Waals surface area contributed by atoms with Gasteiger partial charge < -0.3 is 14.6 Å². The molecule has 0 bridgehead atoms. The highest BCUT2D eigenvalue weighted by molar-refractivity contribution is 6.08. The molecule has 8 heteroatoms. The molecule has 136 valence electrons. The Hall–Kier alpha value is -3.52. The lowest BCUT2D eigenvalue weighted by molar-refractivity contribution is 0.102. The van der Waals surface area contributed by atoms with Crippen LogP contribution in [0.25, 0.3) is 16.6 Å². The van der Waals surface area contributed by atoms with E-state index in [1.54, 1.807) is 31.4 Å². The van der Waals surface area contributed by atoms with Crippen molar-refractivity contribution in [2.24, 2.45) is 0 Å². The number of hydrogen-bond acceptors (Lipinski definition) is 5. The molecule has 2 heterocycles. The molecule has 0 saturated heterocycles. The van der Waals surface area contributed by atoms with Crippen LogP contribution in [0.5, 0.6) is 0 Å². The summed E-state index contributed by atoms with van der Waals surface area (Å²) in [6, 6.07) is 15.0. The number of aromatic nitrogens is 5. The van der Waals surface area contributed by atoms with Gasteiger partial charge in [0, 0.05) is 30.8 Å². The van der Waals surface area contributed by atoms with Crippen molar-refractivity contribution < 1.29 is 9.53 Å². The Kier molecular flexibility index (Phi) is 4.63. The Morgan fingerprint density at radius 1 is 1.15 bits per heavy atom. The molecule has 0 atom stereocenters. The number of carbonyl (C=O) groups is 1. The fourth-order valence-corrected chi connectivity index (χ4v) is 2.96. The van der Waals surface area contributed by atoms with Crippen molar-refractivity contribution in [1.29, 1.82) is 0 Å². The van der Waals surface area contributed by atoms with Crippen LogP contribution in [0.2, 0.25) is 0 Å². The molecule has 0 spiro atoms. The molecule has 2 aromatic heterocycles. The number of carbonyl (C=O) groups excluding carboxylic acids is 1. The number of fused-ring (bicyclic) bond motifs is 1. The molecule has 1 amide bonds. The first-order chi connectivity index (χ1) is 13.3. The van der Waals surface area contributed by atoms with E-state index < -0.39 is 0 Å². The number of hydrogen-bond donors (Lipinski definition) is 1. The first kappa shape index (κ1) is 16.9. The van der Waals surface area contributed by atoms with E-state index in [1.165, 1.54) is 11.0 Å². The number of methoxy groups -OCH3 is 1. The number of ether oxygens (including phenoxy) is 1. The second-order valence-electron chi connectivity index (χ2n) is 6.00. The van der Waals surface area contributed by atoms with Crippen molar-refractivity contribution in [3.05, 3.63) is 66.6 Å². The van der Waals surface area contributed by atoms with Gasteiger partial charge in [0.25, 0.3) is 5.91 Å². The predicted octanol–water partition coefficient (Wildman–Crippen LogP) is 2.52. The van der Waals surface area contributed by atoms with E-state index in [1.807, 2.05) is 30.5 Å². The maximum Gasteiger partial charge on any atom is 0.255 e. The molecule has 0 aliphatic heterocycles. The van der Waals surface area contributed by atoms with Gasteiger partial charge in [0.1, 0.15) is 6.33 Å². The van der Waals surface area contributed by atoms with Crippen LogP contribution in [0.4, 0.5) is 5.69 Å². The molecule has 27 heavy (non-hydrogen) atoms. The van der Waals surface area contributed by atoms with E-state index in [2.05, 4.69) is 25.4 Å². The van der Waals surface area contributed by atoms with Crippen molar-refractivity contribution in [3.63, 3.8) is 0 Å². The van der Waals surface area contributed by atoms with Crippen LogP contribution in [-0.2, 0) is 11.3 Å². The van der Waals surface area contributed by atoms with Gasteiger partial charge in [-0.05, 0) is 52.9 Å². The molecule has 0 aliphatic rings. The van der Waals surface area contributed by atoms with Crippen molar-refractivity contribution in [1.82, 2.24) is 24.8 Å². The highest BCUT2D eigenvalue weighted by Gasteiger charge is 2.11. The predicted molar refractivity (Wildman–Crippen MR) is 101 cm³/mol. The van der Waals surface area contributed by atoms with Gasteiger partial charge in [-0.25, -0.2) is 4.68 Å². The maximum absolute atomic E-state index is 12.6. The minimum absolute atomic E-state index is 0.171. The topological polar surface area (TPSA) is 86.9 Å². The monoisotopic (exact) mass is 362 g/mol. The molecule has 4 rings (SSSR count). The summed E-state index contributed by atoms with van der Waals surface area (Å²) in [6.45, 7) is 1.39. The Labute approximate surface area is 155 Å². The van der Waals surface area contributed by atoms with E-state index in [-0.39, 0.29) is 5.91 Å². The highest BCUT2D eigenvalue weighted by Crippen LogP contribution is 2.25. The normalized spacial score (nSPS) is 11.0. The molecule has 0 fully saturated rings. The number of tetrazole rings is 1. The number of nitrogens with zero attached hydrogens (tertiary/aromatic N) is 5. The molecule has 8 nitrogen and oxygen atoms in total. The zero-order chi connectivity index (χ0) is 18.6. The van der Waals surface area contributed by atoms with E-state index in [9.17, 15) is 4.79 Å². The largest absolute Gasteiger partial charge is 0.383 e. The summed E-state index contributed by atoms with van der Waals surface area (Å²) >= 11 is 0. The second kappa shape index (κ2) is 7.38. The molecule has 0 saturated carbocycles. The van der Waals surface area contributed by atoms with Gasteiger partial charge in [0.05, 0.1) is 23.5 Å². The molecule has 0 aliphatic carbocycles. The van der Waals surface area contributed by atoms with Gasteiger partial charge in [0.2, 0.25) is 0 Å². The van der Waals surface area contributed by atoms with Gasteiger partial charge in [0.15, 0.2) is 0 Å². The SMILES string of the molecule is COCCn1ccc2c(NC(=O)c3ccc(-n4cnnn4)cc3)cccc21. The second-order valence-corrected chi connectivity index (χ2v) is 6.00. The number of amides is 1. The fourth-order valence-electron chi connectivity index (χ4n) is 2.96. The average Bonchev–Trinajstić information content (AvgIpc) is 3.37. The number of benzene rings is 2. The number of rotatable bonds is 6. The van der Waals surface area contributed by atoms with Crippen LogP contribution in [-0.4, -0.2) is 44.4 Å². The lowest BCUT2D eigenvalue weighted by atomic mass is 10.1. The van der Waals surface area contributed by atoms with E-state index >= 15 is 0 Å². The van der Waals surface area contributed by atoms with Crippen LogP contribution >= 0.6 is 0 Å². The number of anilines is 1. The quantitative estimate of drug-likeness (QED) is 0.569. The van der Waals surface area contributed by atoms with Crippen LogP contribution < -0.4 is 5.32 Å². The summed E-state index contributed by atoms with van der Waals surface area (Å²) < 4.78 is 8.79. The summed E-state index contributed by atoms with van der Waals surface area (Å²) in [6.07, 6.45) is 3.50. The average molecular weight is 362 g/mol. The first-order valence-corrected chi connectivity index (χ1v) is 8.48. The molecule has 1 N–H and O–H groups in total. The van der Waals surface area contributed by atoms with E-state index in [0.29, 0.717) is 12.2 Å². The summed E-state index contributed by atoms with van der Waals surface area (Å²) in [5.74, 6) is -0.171. The first-order valence-electron chi connectivity index (χ1n) is 8.48. The van der Waals surface area contributed by atoms with Crippen molar-refractivity contribution in [3.8, 4) is 5.69 Å². The van der Waals surface area contributed by atoms with Crippen LogP contribution in [0.15, 0.2) is 61.1 Å². The third kappa shape index (κ3) is 3.42. The minimum Gasteiger partial charge on any atom is -0.383 e. The van der Waals surface area contributed by atoms with Crippen molar-refractivity contribution >= 4 is 22.5 Å². The molecule has 2 aromatic carbocycles. The Balaban J connectivity index is 1.55. The molecule has 0 unspecified atom stereocenters. The third-order valence-corrected chi connectivity index (χ3v) is 4.34. The van der Waals surface area contributed by atoms with Gasteiger partial charge in [-0.1, -0.05) is 6.07 Å². The van der Waals surface area contributed by atoms with Crippen molar-refractivity contribution in [2.75, 3.05) is 19.0 Å². The lowest BCUT2D eigenvalue weighted by Gasteiger charge is -2.09. The Morgan fingerprint density at radius 3 is 2.74 bits per heavy atom. The summed E-state index contributed by atoms with van der Waals surface area (Å²) in [4.78, 5) is 12.6. The molecule has 0 radical (unpaired) electrons. The molecular weight excluding hydrogens is 344 g/mol. The van der Waals surface area contributed by atoms with E-state index in [0.717, 1.165) is 28.8 Å². The van der Waals surface area contributed by atoms with Crippen LogP contribution in [0.3, 0.4) is 0 Å². The van der Waals surface area contributed by atoms with Gasteiger partial charge >= 0.3 is 0 Å². The molecular formula is C19H18N6O2. The van der Waals surface area contributed by atoms with Gasteiger partial charge in [-0.3, -0.25) is 4.79 Å². The van der Waals surface area contributed by atoms with E-state index in [4.69, 9.17) is 4.74 Å². The van der Waals surface area contributed by atoms with Crippen LogP contribution in [0.1, 0.15) is 10.4 Å². The Bertz CT molecular complexity index is 1050. The summed E-state index contributed by atoms with van der Waals surface area (Å²) in [7, 11) is 1.68. The van der Waals surface area contributed by atoms with Crippen molar-refractivity contribution in [2.45, 2.75) is 6.54 Å². The van der Waals surface area contributed by atoms with Gasteiger partial charge in [-0.15, -0.1) is 5.10 Å². The summed E-state index contributed by atoms with van der Waals surface area (Å²) in [5, 5.41) is 15.0. The third-order valence-electron chi connectivity index (χ3n) is 4.34. The minimum atomic E-state index is -0.171. The van der Waals surface area contributed by atoms with Gasteiger partial charge in [-0.2, -0.15) is 0 Å². The lowest BCUT2D eigenvalue weighted by Crippen LogP contribution is -2.12. The fraction of sp³-hybridized carbons (Fsp3) is 0.158.